The Balaban J connectivity index is 1.26. The number of para-hydroxylation sites is 1. The summed E-state index contributed by atoms with van der Waals surface area (Å²) < 4.78 is 2.45. The van der Waals surface area contributed by atoms with Crippen LogP contribution in [0.15, 0.2) is 188 Å². The maximum Gasteiger partial charge on any atom is 0.0561 e. The van der Waals surface area contributed by atoms with E-state index in [-0.39, 0.29) is 5.41 Å². The smallest absolute Gasteiger partial charge is 0.0561 e. The summed E-state index contributed by atoms with van der Waals surface area (Å²) in [7, 11) is 0. The fourth-order valence-corrected chi connectivity index (χ4v) is 9.41. The average molecular weight is 709 g/mol. The lowest BCUT2D eigenvalue weighted by atomic mass is 9.71. The molecule has 2 nitrogen and oxygen atoms in total. The highest BCUT2D eigenvalue weighted by molar-refractivity contribution is 6.28. The second kappa shape index (κ2) is 12.9. The molecule has 0 fully saturated rings. The molecule has 0 amide bonds. The summed E-state index contributed by atoms with van der Waals surface area (Å²) >= 11 is 0. The van der Waals surface area contributed by atoms with E-state index in [4.69, 9.17) is 0 Å². The summed E-state index contributed by atoms with van der Waals surface area (Å²) in [5.74, 6) is 0.809. The van der Waals surface area contributed by atoms with Crippen LogP contribution in [0.1, 0.15) is 27.7 Å². The van der Waals surface area contributed by atoms with Crippen molar-refractivity contribution in [1.29, 1.82) is 0 Å². The monoisotopic (exact) mass is 708 g/mol. The average Bonchev–Trinajstić information content (AvgIpc) is 3.55. The first-order valence-electron chi connectivity index (χ1n) is 19.6. The van der Waals surface area contributed by atoms with Crippen molar-refractivity contribution in [3.05, 3.63) is 188 Å². The highest BCUT2D eigenvalue weighted by atomic mass is 15.2. The van der Waals surface area contributed by atoms with Crippen molar-refractivity contribution in [2.24, 2.45) is 17.3 Å². The van der Waals surface area contributed by atoms with E-state index in [1.807, 2.05) is 0 Å². The first-order chi connectivity index (χ1) is 26.8. The van der Waals surface area contributed by atoms with Gasteiger partial charge in [-0.05, 0) is 97.8 Å². The molecule has 0 saturated carbocycles. The summed E-state index contributed by atoms with van der Waals surface area (Å²) in [6, 6.07) is 60.2. The molecule has 1 aromatic heterocycles. The van der Waals surface area contributed by atoms with Crippen LogP contribution < -0.4 is 4.90 Å². The maximum atomic E-state index is 2.53. The lowest BCUT2D eigenvalue weighted by molar-refractivity contribution is 0.243. The van der Waals surface area contributed by atoms with Gasteiger partial charge in [0.1, 0.15) is 0 Å². The number of anilines is 2. The van der Waals surface area contributed by atoms with Crippen LogP contribution in [-0.2, 0) is 0 Å². The number of benzene rings is 8. The summed E-state index contributed by atoms with van der Waals surface area (Å²) in [6.45, 7) is 9.45. The molecular formula is C53H44N2. The minimum absolute atomic E-state index is 0.158. The molecule has 2 atom stereocenters. The van der Waals surface area contributed by atoms with E-state index < -0.39 is 0 Å². The SMILES string of the molecule is CC1C=C(N(c2ccc3c4ccccc4n(-c4cccc(-c5ccccc5)c4)c3c2)c2cccc3c4ccccc4c4ccccc4c23)C=CC1C(C)(C)C. The van der Waals surface area contributed by atoms with Crippen LogP contribution in [0.25, 0.3) is 70.9 Å². The van der Waals surface area contributed by atoms with Crippen molar-refractivity contribution >= 4 is 65.5 Å². The number of nitrogens with zero attached hydrogens (tertiary/aromatic N) is 2. The molecule has 8 aromatic carbocycles. The van der Waals surface area contributed by atoms with Gasteiger partial charge in [-0.2, -0.15) is 0 Å². The van der Waals surface area contributed by atoms with Crippen molar-refractivity contribution in [3.63, 3.8) is 0 Å². The van der Waals surface area contributed by atoms with E-state index in [2.05, 4.69) is 219 Å². The fourth-order valence-electron chi connectivity index (χ4n) is 9.41. The van der Waals surface area contributed by atoms with Gasteiger partial charge in [0.25, 0.3) is 0 Å². The predicted molar refractivity (Wildman–Crippen MR) is 237 cm³/mol. The summed E-state index contributed by atoms with van der Waals surface area (Å²) in [5.41, 5.74) is 9.64. The fraction of sp³-hybridized carbons (Fsp3) is 0.132. The first kappa shape index (κ1) is 33.2. The van der Waals surface area contributed by atoms with Crippen molar-refractivity contribution in [2.75, 3.05) is 4.90 Å². The van der Waals surface area contributed by atoms with Crippen LogP contribution >= 0.6 is 0 Å². The van der Waals surface area contributed by atoms with Crippen LogP contribution in [0, 0.1) is 17.3 Å². The summed E-state index contributed by atoms with van der Waals surface area (Å²) in [6.07, 6.45) is 7.33. The number of fused-ring (bicyclic) bond motifs is 9. The first-order valence-corrected chi connectivity index (χ1v) is 19.6. The van der Waals surface area contributed by atoms with Gasteiger partial charge in [-0.25, -0.2) is 0 Å². The Bertz CT molecular complexity index is 2950. The lowest BCUT2D eigenvalue weighted by Gasteiger charge is -2.37. The van der Waals surface area contributed by atoms with Gasteiger partial charge in [-0.1, -0.05) is 167 Å². The van der Waals surface area contributed by atoms with Crippen molar-refractivity contribution in [3.8, 4) is 16.8 Å². The molecule has 55 heavy (non-hydrogen) atoms. The van der Waals surface area contributed by atoms with E-state index in [1.54, 1.807) is 0 Å². The zero-order valence-electron chi connectivity index (χ0n) is 31.9. The Morgan fingerprint density at radius 1 is 0.509 bits per heavy atom. The molecule has 0 saturated heterocycles. The van der Waals surface area contributed by atoms with Crippen molar-refractivity contribution < 1.29 is 0 Å². The Kier molecular flexibility index (Phi) is 7.78. The van der Waals surface area contributed by atoms with Gasteiger partial charge in [-0.15, -0.1) is 0 Å². The number of allylic oxidation sites excluding steroid dienone is 3. The lowest BCUT2D eigenvalue weighted by Crippen LogP contribution is -2.28. The number of hydrogen-bond donors (Lipinski definition) is 0. The van der Waals surface area contributed by atoms with Crippen molar-refractivity contribution in [1.82, 2.24) is 4.57 Å². The highest BCUT2D eigenvalue weighted by Crippen LogP contribution is 2.46. The van der Waals surface area contributed by atoms with Gasteiger partial charge in [0.15, 0.2) is 0 Å². The predicted octanol–water partition coefficient (Wildman–Crippen LogP) is 14.8. The zero-order valence-corrected chi connectivity index (χ0v) is 31.9. The Morgan fingerprint density at radius 2 is 1.09 bits per heavy atom. The van der Waals surface area contributed by atoms with E-state index in [1.165, 1.54) is 76.6 Å². The summed E-state index contributed by atoms with van der Waals surface area (Å²) in [4.78, 5) is 2.53. The number of aromatic nitrogens is 1. The molecule has 0 N–H and O–H groups in total. The highest BCUT2D eigenvalue weighted by Gasteiger charge is 2.31. The molecule has 10 rings (SSSR count). The minimum atomic E-state index is 0.158. The van der Waals surface area contributed by atoms with E-state index in [0.717, 1.165) is 11.4 Å². The third-order valence-electron chi connectivity index (χ3n) is 11.8. The topological polar surface area (TPSA) is 8.17 Å². The van der Waals surface area contributed by atoms with Gasteiger partial charge in [0, 0.05) is 33.2 Å². The quantitative estimate of drug-likeness (QED) is 0.162. The van der Waals surface area contributed by atoms with Crippen LogP contribution in [0.2, 0.25) is 0 Å². The largest absolute Gasteiger partial charge is 0.310 e. The van der Waals surface area contributed by atoms with E-state index in [9.17, 15) is 0 Å². The van der Waals surface area contributed by atoms with Gasteiger partial charge in [-0.3, -0.25) is 0 Å². The molecule has 1 aliphatic carbocycles. The van der Waals surface area contributed by atoms with Crippen molar-refractivity contribution in [2.45, 2.75) is 27.7 Å². The third-order valence-corrected chi connectivity index (χ3v) is 11.8. The van der Waals surface area contributed by atoms with Crippen LogP contribution in [0.4, 0.5) is 11.4 Å². The maximum absolute atomic E-state index is 2.53. The van der Waals surface area contributed by atoms with Gasteiger partial charge in [0.2, 0.25) is 0 Å². The normalized spacial score (nSPS) is 16.0. The molecule has 9 aromatic rings. The third kappa shape index (κ3) is 5.47. The van der Waals surface area contributed by atoms with E-state index >= 15 is 0 Å². The molecule has 1 heterocycles. The second-order valence-corrected chi connectivity index (χ2v) is 16.3. The molecule has 0 spiro atoms. The zero-order chi connectivity index (χ0) is 37.3. The summed E-state index contributed by atoms with van der Waals surface area (Å²) in [5, 5.41) is 10.2. The van der Waals surface area contributed by atoms with E-state index in [0.29, 0.717) is 11.8 Å². The Morgan fingerprint density at radius 3 is 1.80 bits per heavy atom. The molecule has 2 unspecified atom stereocenters. The molecular weight excluding hydrogens is 665 g/mol. The number of rotatable bonds is 5. The van der Waals surface area contributed by atoms with Gasteiger partial charge < -0.3 is 9.47 Å². The second-order valence-electron chi connectivity index (χ2n) is 16.3. The minimum Gasteiger partial charge on any atom is -0.310 e. The van der Waals surface area contributed by atoms with Gasteiger partial charge >= 0.3 is 0 Å². The van der Waals surface area contributed by atoms with Crippen LogP contribution in [-0.4, -0.2) is 4.57 Å². The molecule has 0 bridgehead atoms. The van der Waals surface area contributed by atoms with Crippen LogP contribution in [0.5, 0.6) is 0 Å². The molecule has 0 aliphatic heterocycles. The molecule has 266 valence electrons. The Labute approximate surface area is 323 Å². The molecule has 1 aliphatic rings. The molecule has 2 heteroatoms. The Hall–Kier alpha value is -6.38. The van der Waals surface area contributed by atoms with Crippen LogP contribution in [0.3, 0.4) is 0 Å². The number of hydrogen-bond acceptors (Lipinski definition) is 1. The van der Waals surface area contributed by atoms with Gasteiger partial charge in [0.05, 0.1) is 16.7 Å². The standard InChI is InChI=1S/C53H44N2/c1-35-32-39(29-31-48(35)53(2,3)4)54(50-27-15-25-47-43-21-9-8-20-41(43)42-22-10-11-24-46(42)52(47)50)40-28-30-45-44-23-12-13-26-49(44)55(51(45)34-40)38-19-14-18-37(33-38)36-16-6-5-7-17-36/h5-35,48H,1-4H3. The molecule has 0 radical (unpaired) electrons.